The van der Waals surface area contributed by atoms with Crippen LogP contribution in [0.5, 0.6) is 0 Å². The van der Waals surface area contributed by atoms with Gasteiger partial charge in [-0.1, -0.05) is 18.2 Å². The lowest BCUT2D eigenvalue weighted by Crippen LogP contribution is -2.16. The highest BCUT2D eigenvalue weighted by Gasteiger charge is 2.35. The number of aliphatic hydroxyl groups is 1. The minimum absolute atomic E-state index is 0.0690. The van der Waals surface area contributed by atoms with Gasteiger partial charge in [0.25, 0.3) is 0 Å². The first-order valence-electron chi connectivity index (χ1n) is 5.94. The zero-order chi connectivity index (χ0) is 13.2. The Hall–Kier alpha value is -1.07. The zero-order valence-electron chi connectivity index (χ0n) is 9.78. The van der Waals surface area contributed by atoms with E-state index in [0.29, 0.717) is 6.61 Å². The van der Waals surface area contributed by atoms with Gasteiger partial charge in [0.2, 0.25) is 0 Å². The lowest BCUT2D eigenvalue weighted by Gasteiger charge is -2.19. The van der Waals surface area contributed by atoms with Crippen LogP contribution in [0.25, 0.3) is 0 Å². The van der Waals surface area contributed by atoms with Gasteiger partial charge < -0.3 is 9.84 Å². The minimum Gasteiger partial charge on any atom is -0.388 e. The van der Waals surface area contributed by atoms with Gasteiger partial charge in [-0.25, -0.2) is 0 Å². The number of halogens is 3. The van der Waals surface area contributed by atoms with Gasteiger partial charge in [0, 0.05) is 13.0 Å². The van der Waals surface area contributed by atoms with Gasteiger partial charge in [-0.3, -0.25) is 0 Å². The highest BCUT2D eigenvalue weighted by atomic mass is 19.4. The minimum atomic E-state index is -4.44. The van der Waals surface area contributed by atoms with Crippen molar-refractivity contribution in [3.8, 4) is 0 Å². The van der Waals surface area contributed by atoms with Crippen LogP contribution in [0, 0.1) is 0 Å². The third-order valence-electron chi connectivity index (χ3n) is 3.14. The first-order valence-corrected chi connectivity index (χ1v) is 5.94. The monoisotopic (exact) mass is 260 g/mol. The van der Waals surface area contributed by atoms with Crippen molar-refractivity contribution in [1.82, 2.24) is 0 Å². The van der Waals surface area contributed by atoms with E-state index in [-0.39, 0.29) is 18.1 Å². The van der Waals surface area contributed by atoms with E-state index in [1.165, 1.54) is 18.2 Å². The van der Waals surface area contributed by atoms with Gasteiger partial charge in [0.1, 0.15) is 0 Å². The Labute approximate surface area is 103 Å². The molecule has 1 aliphatic rings. The molecule has 1 saturated heterocycles. The van der Waals surface area contributed by atoms with Crippen molar-refractivity contribution < 1.29 is 23.0 Å². The Morgan fingerprint density at radius 1 is 1.33 bits per heavy atom. The second-order valence-corrected chi connectivity index (χ2v) is 4.47. The van der Waals surface area contributed by atoms with Gasteiger partial charge in [-0.05, 0) is 24.5 Å². The number of alkyl halides is 3. The van der Waals surface area contributed by atoms with Crippen LogP contribution in [0.3, 0.4) is 0 Å². The molecule has 2 unspecified atom stereocenters. The summed E-state index contributed by atoms with van der Waals surface area (Å²) in [4.78, 5) is 0. The summed E-state index contributed by atoms with van der Waals surface area (Å²) >= 11 is 0. The maximum atomic E-state index is 12.8. The maximum Gasteiger partial charge on any atom is 0.416 e. The Morgan fingerprint density at radius 3 is 2.67 bits per heavy atom. The van der Waals surface area contributed by atoms with Crippen molar-refractivity contribution >= 4 is 0 Å². The van der Waals surface area contributed by atoms with E-state index in [1.807, 2.05) is 0 Å². The second-order valence-electron chi connectivity index (χ2n) is 4.47. The molecule has 2 rings (SSSR count). The molecule has 0 spiro atoms. The van der Waals surface area contributed by atoms with Crippen LogP contribution in [-0.2, 0) is 10.9 Å². The molecule has 100 valence electrons. The Bertz CT molecular complexity index is 397. The number of aliphatic hydroxyl groups excluding tert-OH is 1. The SMILES string of the molecule is OC(CC1CCCO1)c1ccccc1C(F)(F)F. The average Bonchev–Trinajstić information content (AvgIpc) is 2.80. The van der Waals surface area contributed by atoms with E-state index in [1.54, 1.807) is 0 Å². The second kappa shape index (κ2) is 5.28. The number of hydrogen-bond donors (Lipinski definition) is 1. The summed E-state index contributed by atoms with van der Waals surface area (Å²) in [6.45, 7) is 0.623. The molecular weight excluding hydrogens is 245 g/mol. The van der Waals surface area contributed by atoms with Crippen molar-refractivity contribution in [3.63, 3.8) is 0 Å². The van der Waals surface area contributed by atoms with Crippen molar-refractivity contribution in [2.75, 3.05) is 6.61 Å². The first kappa shape index (κ1) is 13.4. The van der Waals surface area contributed by atoms with Gasteiger partial charge >= 0.3 is 6.18 Å². The topological polar surface area (TPSA) is 29.5 Å². The standard InChI is InChI=1S/C13H15F3O2/c14-13(15,16)11-6-2-1-5-10(11)12(17)8-9-4-3-7-18-9/h1-2,5-6,9,12,17H,3-4,7-8H2. The van der Waals surface area contributed by atoms with E-state index >= 15 is 0 Å². The molecule has 2 nitrogen and oxygen atoms in total. The third kappa shape index (κ3) is 3.03. The zero-order valence-corrected chi connectivity index (χ0v) is 9.78. The van der Waals surface area contributed by atoms with E-state index in [0.717, 1.165) is 18.9 Å². The molecule has 1 N–H and O–H groups in total. The molecule has 18 heavy (non-hydrogen) atoms. The Morgan fingerprint density at radius 2 is 2.06 bits per heavy atom. The summed E-state index contributed by atoms with van der Waals surface area (Å²) in [6, 6.07) is 5.14. The van der Waals surface area contributed by atoms with Gasteiger partial charge in [0.05, 0.1) is 17.8 Å². The van der Waals surface area contributed by atoms with Crippen LogP contribution in [0.2, 0.25) is 0 Å². The summed E-state index contributed by atoms with van der Waals surface area (Å²) in [5.74, 6) is 0. The molecule has 1 fully saturated rings. The molecule has 0 amide bonds. The van der Waals surface area contributed by atoms with E-state index in [4.69, 9.17) is 4.74 Å². The number of ether oxygens (including phenoxy) is 1. The van der Waals surface area contributed by atoms with Crippen LogP contribution >= 0.6 is 0 Å². The van der Waals surface area contributed by atoms with Crippen molar-refractivity contribution in [2.24, 2.45) is 0 Å². The summed E-state index contributed by atoms with van der Waals surface area (Å²) in [6.07, 6.45) is -3.79. The molecule has 0 aliphatic carbocycles. The van der Waals surface area contributed by atoms with Crippen molar-refractivity contribution in [1.29, 1.82) is 0 Å². The lowest BCUT2D eigenvalue weighted by molar-refractivity contribution is -0.139. The van der Waals surface area contributed by atoms with Crippen molar-refractivity contribution in [2.45, 2.75) is 37.6 Å². The molecule has 5 heteroatoms. The Kier molecular flexibility index (Phi) is 3.92. The smallest absolute Gasteiger partial charge is 0.388 e. The molecule has 1 aliphatic heterocycles. The molecule has 2 atom stereocenters. The van der Waals surface area contributed by atoms with Gasteiger partial charge in [-0.2, -0.15) is 13.2 Å². The largest absolute Gasteiger partial charge is 0.416 e. The molecule has 0 saturated carbocycles. The van der Waals surface area contributed by atoms with Gasteiger partial charge in [-0.15, -0.1) is 0 Å². The number of benzene rings is 1. The quantitative estimate of drug-likeness (QED) is 0.903. The van der Waals surface area contributed by atoms with Crippen LogP contribution in [0.1, 0.15) is 36.5 Å². The molecule has 0 aromatic heterocycles. The van der Waals surface area contributed by atoms with E-state index in [2.05, 4.69) is 0 Å². The summed E-state index contributed by atoms with van der Waals surface area (Å²) in [5, 5.41) is 9.95. The van der Waals surface area contributed by atoms with Crippen LogP contribution in [-0.4, -0.2) is 17.8 Å². The summed E-state index contributed by atoms with van der Waals surface area (Å²) in [7, 11) is 0. The molecule has 0 radical (unpaired) electrons. The number of rotatable bonds is 3. The Balaban J connectivity index is 2.16. The molecule has 1 aromatic carbocycles. The van der Waals surface area contributed by atoms with E-state index < -0.39 is 17.8 Å². The fraction of sp³-hybridized carbons (Fsp3) is 0.538. The normalized spacial score (nSPS) is 22.1. The van der Waals surface area contributed by atoms with Crippen LogP contribution in [0.15, 0.2) is 24.3 Å². The van der Waals surface area contributed by atoms with Crippen LogP contribution in [0.4, 0.5) is 13.2 Å². The van der Waals surface area contributed by atoms with Gasteiger partial charge in [0.15, 0.2) is 0 Å². The predicted molar refractivity (Wildman–Crippen MR) is 60.0 cm³/mol. The highest BCUT2D eigenvalue weighted by molar-refractivity contribution is 5.31. The van der Waals surface area contributed by atoms with Crippen LogP contribution < -0.4 is 0 Å². The highest BCUT2D eigenvalue weighted by Crippen LogP contribution is 2.36. The first-order chi connectivity index (χ1) is 8.48. The molecular formula is C13H15F3O2. The molecule has 0 bridgehead atoms. The molecule has 1 heterocycles. The predicted octanol–water partition coefficient (Wildman–Crippen LogP) is 3.31. The average molecular weight is 260 g/mol. The van der Waals surface area contributed by atoms with E-state index in [9.17, 15) is 18.3 Å². The summed E-state index contributed by atoms with van der Waals surface area (Å²) < 4.78 is 43.7. The summed E-state index contributed by atoms with van der Waals surface area (Å²) in [5.41, 5.74) is -0.837. The molecule has 1 aromatic rings. The fourth-order valence-electron chi connectivity index (χ4n) is 2.25. The third-order valence-corrected chi connectivity index (χ3v) is 3.14. The lowest BCUT2D eigenvalue weighted by atomic mass is 9.97. The fourth-order valence-corrected chi connectivity index (χ4v) is 2.25. The van der Waals surface area contributed by atoms with Crippen molar-refractivity contribution in [3.05, 3.63) is 35.4 Å². The number of hydrogen-bond acceptors (Lipinski definition) is 2. The maximum absolute atomic E-state index is 12.8.